The topological polar surface area (TPSA) is 65.1 Å². The summed E-state index contributed by atoms with van der Waals surface area (Å²) < 4.78 is 15.9. The Hall–Kier alpha value is -3.02. The van der Waals surface area contributed by atoms with Crippen molar-refractivity contribution < 1.29 is 23.8 Å². The van der Waals surface area contributed by atoms with E-state index in [2.05, 4.69) is 0 Å². The molecule has 1 aliphatic rings. The van der Waals surface area contributed by atoms with Crippen molar-refractivity contribution in [2.45, 2.75) is 13.3 Å². The van der Waals surface area contributed by atoms with Crippen molar-refractivity contribution in [1.29, 1.82) is 0 Å². The zero-order chi connectivity index (χ0) is 18.5. The third kappa shape index (κ3) is 3.96. The van der Waals surface area contributed by atoms with Crippen LogP contribution in [-0.2, 0) is 9.59 Å². The molecule has 1 fully saturated rings. The van der Waals surface area contributed by atoms with Gasteiger partial charge >= 0.3 is 5.97 Å². The van der Waals surface area contributed by atoms with E-state index in [4.69, 9.17) is 14.2 Å². The van der Waals surface area contributed by atoms with Crippen LogP contribution in [0.3, 0.4) is 0 Å². The van der Waals surface area contributed by atoms with E-state index in [-0.39, 0.29) is 12.3 Å². The molecule has 0 saturated carbocycles. The summed E-state index contributed by atoms with van der Waals surface area (Å²) in [5.41, 5.74) is 0.748. The minimum Gasteiger partial charge on any atom is -0.497 e. The van der Waals surface area contributed by atoms with Crippen molar-refractivity contribution in [2.75, 3.05) is 25.2 Å². The van der Waals surface area contributed by atoms with E-state index in [0.29, 0.717) is 24.7 Å². The Morgan fingerprint density at radius 2 is 1.65 bits per heavy atom. The Morgan fingerprint density at radius 3 is 2.27 bits per heavy atom. The highest BCUT2D eigenvalue weighted by molar-refractivity contribution is 5.99. The first-order valence-corrected chi connectivity index (χ1v) is 8.49. The van der Waals surface area contributed by atoms with Crippen LogP contribution in [0.15, 0.2) is 48.5 Å². The molecule has 1 saturated heterocycles. The van der Waals surface area contributed by atoms with E-state index < -0.39 is 11.9 Å². The van der Waals surface area contributed by atoms with Gasteiger partial charge in [0.1, 0.15) is 17.2 Å². The lowest BCUT2D eigenvalue weighted by Gasteiger charge is -2.17. The fourth-order valence-electron chi connectivity index (χ4n) is 2.85. The number of anilines is 1. The van der Waals surface area contributed by atoms with Crippen molar-refractivity contribution in [3.8, 4) is 17.2 Å². The van der Waals surface area contributed by atoms with E-state index in [1.54, 1.807) is 36.3 Å². The fraction of sp³-hybridized carbons (Fsp3) is 0.300. The molecule has 1 heterocycles. The van der Waals surface area contributed by atoms with Crippen molar-refractivity contribution in [3.05, 3.63) is 48.5 Å². The van der Waals surface area contributed by atoms with Crippen LogP contribution in [0.2, 0.25) is 0 Å². The molecule has 0 aliphatic carbocycles. The molecule has 2 aromatic rings. The number of methoxy groups -OCH3 is 1. The van der Waals surface area contributed by atoms with Crippen LogP contribution >= 0.6 is 0 Å². The van der Waals surface area contributed by atoms with Gasteiger partial charge in [0.15, 0.2) is 0 Å². The van der Waals surface area contributed by atoms with Crippen molar-refractivity contribution >= 4 is 17.6 Å². The Morgan fingerprint density at radius 1 is 1.04 bits per heavy atom. The van der Waals surface area contributed by atoms with Gasteiger partial charge in [-0.1, -0.05) is 0 Å². The van der Waals surface area contributed by atoms with Crippen LogP contribution in [0.4, 0.5) is 5.69 Å². The summed E-state index contributed by atoms with van der Waals surface area (Å²) in [5, 5.41) is 0. The van der Waals surface area contributed by atoms with E-state index in [1.165, 1.54) is 0 Å². The van der Waals surface area contributed by atoms with Gasteiger partial charge in [0.25, 0.3) is 0 Å². The first kappa shape index (κ1) is 17.8. The molecule has 2 aromatic carbocycles. The standard InChI is InChI=1S/C20H21NO5/c1-3-25-17-6-4-15(5-7-17)21-13-14(12-19(21)22)20(23)26-18-10-8-16(24-2)9-11-18/h4-11,14H,3,12-13H2,1-2H3/t14-/m1/s1. The summed E-state index contributed by atoms with van der Waals surface area (Å²) in [6.45, 7) is 2.81. The third-order valence-corrected chi connectivity index (χ3v) is 4.20. The molecule has 1 aliphatic heterocycles. The number of amides is 1. The van der Waals surface area contributed by atoms with Crippen LogP contribution in [0.1, 0.15) is 13.3 Å². The molecule has 136 valence electrons. The summed E-state index contributed by atoms with van der Waals surface area (Å²) in [4.78, 5) is 26.3. The van der Waals surface area contributed by atoms with Crippen LogP contribution in [0.5, 0.6) is 17.2 Å². The number of hydrogen-bond donors (Lipinski definition) is 0. The van der Waals surface area contributed by atoms with E-state index in [9.17, 15) is 9.59 Å². The van der Waals surface area contributed by atoms with Gasteiger partial charge in [-0.05, 0) is 55.5 Å². The van der Waals surface area contributed by atoms with E-state index in [0.717, 1.165) is 11.4 Å². The molecule has 0 bridgehead atoms. The van der Waals surface area contributed by atoms with Crippen molar-refractivity contribution in [3.63, 3.8) is 0 Å². The van der Waals surface area contributed by atoms with Gasteiger partial charge in [0.2, 0.25) is 5.91 Å². The molecule has 1 amide bonds. The monoisotopic (exact) mass is 355 g/mol. The van der Waals surface area contributed by atoms with E-state index in [1.807, 2.05) is 31.2 Å². The molecule has 26 heavy (non-hydrogen) atoms. The molecular weight excluding hydrogens is 334 g/mol. The summed E-state index contributed by atoms with van der Waals surface area (Å²) in [6.07, 6.45) is 0.141. The number of carbonyl (C=O) groups excluding carboxylic acids is 2. The summed E-state index contributed by atoms with van der Waals surface area (Å²) in [6, 6.07) is 14.0. The highest BCUT2D eigenvalue weighted by Gasteiger charge is 2.36. The Bertz CT molecular complexity index is 770. The fourth-order valence-corrected chi connectivity index (χ4v) is 2.85. The largest absolute Gasteiger partial charge is 0.497 e. The van der Waals surface area contributed by atoms with Gasteiger partial charge in [-0.3, -0.25) is 9.59 Å². The molecule has 1 atom stereocenters. The first-order valence-electron chi connectivity index (χ1n) is 8.49. The minimum absolute atomic E-state index is 0.0918. The second-order valence-electron chi connectivity index (χ2n) is 5.93. The minimum atomic E-state index is -0.490. The molecule has 3 rings (SSSR count). The molecule has 0 radical (unpaired) electrons. The number of esters is 1. The maximum absolute atomic E-state index is 12.4. The number of hydrogen-bond acceptors (Lipinski definition) is 5. The molecule has 6 heteroatoms. The summed E-state index contributed by atoms with van der Waals surface area (Å²) in [7, 11) is 1.57. The summed E-state index contributed by atoms with van der Waals surface area (Å²) in [5.74, 6) is 0.877. The number of carbonyl (C=O) groups is 2. The number of ether oxygens (including phenoxy) is 3. The zero-order valence-corrected chi connectivity index (χ0v) is 14.8. The van der Waals surface area contributed by atoms with Gasteiger partial charge in [0, 0.05) is 18.7 Å². The van der Waals surface area contributed by atoms with Crippen LogP contribution in [-0.4, -0.2) is 32.1 Å². The second kappa shape index (κ2) is 7.91. The van der Waals surface area contributed by atoms with E-state index >= 15 is 0 Å². The SMILES string of the molecule is CCOc1ccc(N2C[C@H](C(=O)Oc3ccc(OC)cc3)CC2=O)cc1. The molecular formula is C20H21NO5. The Balaban J connectivity index is 1.63. The van der Waals surface area contributed by atoms with Crippen molar-refractivity contribution in [2.24, 2.45) is 5.92 Å². The smallest absolute Gasteiger partial charge is 0.316 e. The van der Waals surface area contributed by atoms with Crippen LogP contribution in [0.25, 0.3) is 0 Å². The highest BCUT2D eigenvalue weighted by Crippen LogP contribution is 2.28. The molecule has 0 N–H and O–H groups in total. The number of benzene rings is 2. The lowest BCUT2D eigenvalue weighted by Crippen LogP contribution is -2.27. The molecule has 6 nitrogen and oxygen atoms in total. The molecule has 0 unspecified atom stereocenters. The Kier molecular flexibility index (Phi) is 5.41. The maximum atomic E-state index is 12.4. The quantitative estimate of drug-likeness (QED) is 0.589. The van der Waals surface area contributed by atoms with Gasteiger partial charge in [-0.15, -0.1) is 0 Å². The summed E-state index contributed by atoms with van der Waals surface area (Å²) >= 11 is 0. The van der Waals surface area contributed by atoms with Crippen molar-refractivity contribution in [1.82, 2.24) is 0 Å². The van der Waals surface area contributed by atoms with Gasteiger partial charge < -0.3 is 19.1 Å². The third-order valence-electron chi connectivity index (χ3n) is 4.20. The predicted octanol–water partition coefficient (Wildman–Crippen LogP) is 3.05. The Labute approximate surface area is 152 Å². The first-order chi connectivity index (χ1) is 12.6. The molecule has 0 aromatic heterocycles. The average molecular weight is 355 g/mol. The highest BCUT2D eigenvalue weighted by atomic mass is 16.5. The van der Waals surface area contributed by atoms with Crippen LogP contribution in [0, 0.1) is 5.92 Å². The lowest BCUT2D eigenvalue weighted by molar-refractivity contribution is -0.139. The zero-order valence-electron chi connectivity index (χ0n) is 14.8. The van der Waals surface area contributed by atoms with Gasteiger partial charge in [0.05, 0.1) is 19.6 Å². The van der Waals surface area contributed by atoms with Gasteiger partial charge in [-0.2, -0.15) is 0 Å². The predicted molar refractivity (Wildman–Crippen MR) is 96.7 cm³/mol. The van der Waals surface area contributed by atoms with Crippen LogP contribution < -0.4 is 19.1 Å². The number of nitrogens with zero attached hydrogens (tertiary/aromatic N) is 1. The maximum Gasteiger partial charge on any atom is 0.316 e. The van der Waals surface area contributed by atoms with Gasteiger partial charge in [-0.25, -0.2) is 0 Å². The second-order valence-corrected chi connectivity index (χ2v) is 5.93. The average Bonchev–Trinajstić information content (AvgIpc) is 3.05. The number of rotatable bonds is 6. The molecule has 0 spiro atoms. The lowest BCUT2D eigenvalue weighted by atomic mass is 10.1. The normalized spacial score (nSPS) is 16.5.